The molecule has 0 aliphatic carbocycles. The molecule has 0 radical (unpaired) electrons. The number of pyridine rings is 1. The Balaban J connectivity index is 2.07. The predicted octanol–water partition coefficient (Wildman–Crippen LogP) is 4.57. The zero-order valence-corrected chi connectivity index (χ0v) is 17.5. The number of carbonyl (C=O) groups is 1. The average molecular weight is 468 g/mol. The summed E-state index contributed by atoms with van der Waals surface area (Å²) in [4.78, 5) is 16.0. The predicted molar refractivity (Wildman–Crippen MR) is 109 cm³/mol. The minimum atomic E-state index is -4.87. The molecule has 1 aromatic heterocycles. The zero-order valence-electron chi connectivity index (χ0n) is 16.7. The van der Waals surface area contributed by atoms with Crippen LogP contribution in [0.25, 0.3) is 11.1 Å². The van der Waals surface area contributed by atoms with Crippen LogP contribution in [0.1, 0.15) is 15.9 Å². The maximum absolute atomic E-state index is 13.8. The first-order chi connectivity index (χ1) is 14.9. The molecule has 11 heteroatoms. The fourth-order valence-electron chi connectivity index (χ4n) is 2.92. The third-order valence-electron chi connectivity index (χ3n) is 4.45. The number of aromatic nitrogens is 1. The molecule has 168 valence electrons. The standard InChI is InChI=1S/C21H16F4N2O4S/c1-31-19-4-3-14(22)10-17(19)16-5-6-26-11-18(16)27-20(28)12-7-13(21(23,24)25)9-15(8-12)32(2,29)30/h3-11H,1-2H3,(H,27,28). The Kier molecular flexibility index (Phi) is 6.22. The molecule has 0 atom stereocenters. The SMILES string of the molecule is COc1ccc(F)cc1-c1ccncc1NC(=O)c1cc(C(F)(F)F)cc(S(C)(=O)=O)c1. The minimum absolute atomic E-state index is 0.0553. The molecule has 2 aromatic carbocycles. The number of carbonyl (C=O) groups excluding carboxylic acids is 1. The van der Waals surface area contributed by atoms with Gasteiger partial charge in [-0.1, -0.05) is 0 Å². The quantitative estimate of drug-likeness (QED) is 0.555. The van der Waals surface area contributed by atoms with E-state index in [1.54, 1.807) is 0 Å². The van der Waals surface area contributed by atoms with Crippen LogP contribution in [0.4, 0.5) is 23.2 Å². The largest absolute Gasteiger partial charge is 0.496 e. The van der Waals surface area contributed by atoms with E-state index in [9.17, 15) is 30.8 Å². The summed E-state index contributed by atoms with van der Waals surface area (Å²) in [6, 6.07) is 7.02. The number of anilines is 1. The molecule has 3 aromatic rings. The topological polar surface area (TPSA) is 85.4 Å². The van der Waals surface area contributed by atoms with Gasteiger partial charge in [-0.2, -0.15) is 13.2 Å². The van der Waals surface area contributed by atoms with Gasteiger partial charge in [-0.25, -0.2) is 12.8 Å². The van der Waals surface area contributed by atoms with Crippen molar-refractivity contribution in [2.24, 2.45) is 0 Å². The molecular formula is C21H16F4N2O4S. The second kappa shape index (κ2) is 8.58. The van der Waals surface area contributed by atoms with Crippen LogP contribution in [-0.4, -0.2) is 32.7 Å². The van der Waals surface area contributed by atoms with Crippen LogP contribution in [-0.2, 0) is 16.0 Å². The third-order valence-corrected chi connectivity index (χ3v) is 5.54. The first kappa shape index (κ1) is 23.2. The molecule has 0 aliphatic rings. The normalized spacial score (nSPS) is 11.8. The van der Waals surface area contributed by atoms with Gasteiger partial charge in [0.15, 0.2) is 9.84 Å². The van der Waals surface area contributed by atoms with Crippen molar-refractivity contribution in [2.45, 2.75) is 11.1 Å². The van der Waals surface area contributed by atoms with E-state index in [1.807, 2.05) is 0 Å². The number of methoxy groups -OCH3 is 1. The number of alkyl halides is 3. The minimum Gasteiger partial charge on any atom is -0.496 e. The van der Waals surface area contributed by atoms with Crippen molar-refractivity contribution in [3.63, 3.8) is 0 Å². The smallest absolute Gasteiger partial charge is 0.416 e. The molecule has 1 heterocycles. The lowest BCUT2D eigenvalue weighted by molar-refractivity contribution is -0.137. The monoisotopic (exact) mass is 468 g/mol. The average Bonchev–Trinajstić information content (AvgIpc) is 2.72. The summed E-state index contributed by atoms with van der Waals surface area (Å²) in [5, 5.41) is 2.41. The molecule has 6 nitrogen and oxygen atoms in total. The molecular weight excluding hydrogens is 452 g/mol. The lowest BCUT2D eigenvalue weighted by atomic mass is 10.0. The number of rotatable bonds is 5. The van der Waals surface area contributed by atoms with Gasteiger partial charge in [-0.15, -0.1) is 0 Å². The molecule has 0 saturated heterocycles. The number of hydrogen-bond donors (Lipinski definition) is 1. The number of hydrogen-bond acceptors (Lipinski definition) is 5. The van der Waals surface area contributed by atoms with Gasteiger partial charge in [0.1, 0.15) is 11.6 Å². The van der Waals surface area contributed by atoms with E-state index in [0.29, 0.717) is 17.7 Å². The van der Waals surface area contributed by atoms with Crippen molar-refractivity contribution >= 4 is 21.4 Å². The highest BCUT2D eigenvalue weighted by Crippen LogP contribution is 2.36. The molecule has 0 bridgehead atoms. The third kappa shape index (κ3) is 5.05. The van der Waals surface area contributed by atoms with Crippen molar-refractivity contribution in [3.05, 3.63) is 71.8 Å². The molecule has 32 heavy (non-hydrogen) atoms. The van der Waals surface area contributed by atoms with E-state index in [0.717, 1.165) is 18.4 Å². The van der Waals surface area contributed by atoms with Crippen LogP contribution in [0, 0.1) is 5.82 Å². The lowest BCUT2D eigenvalue weighted by Gasteiger charge is -2.15. The Hall–Kier alpha value is -3.47. The van der Waals surface area contributed by atoms with E-state index >= 15 is 0 Å². The first-order valence-electron chi connectivity index (χ1n) is 8.92. The van der Waals surface area contributed by atoms with Crippen LogP contribution < -0.4 is 10.1 Å². The molecule has 0 fully saturated rings. The number of amides is 1. The zero-order chi connectivity index (χ0) is 23.7. The van der Waals surface area contributed by atoms with E-state index in [-0.39, 0.29) is 17.0 Å². The van der Waals surface area contributed by atoms with E-state index in [4.69, 9.17) is 4.74 Å². The summed E-state index contributed by atoms with van der Waals surface area (Å²) in [6.07, 6.45) is -1.53. The van der Waals surface area contributed by atoms with Gasteiger partial charge < -0.3 is 10.1 Å². The fraction of sp³-hybridized carbons (Fsp3) is 0.143. The van der Waals surface area contributed by atoms with Crippen molar-refractivity contribution in [3.8, 4) is 16.9 Å². The highest BCUT2D eigenvalue weighted by Gasteiger charge is 2.33. The Labute approximate surface area is 180 Å². The van der Waals surface area contributed by atoms with Crippen molar-refractivity contribution in [1.82, 2.24) is 4.98 Å². The Morgan fingerprint density at radius 3 is 2.41 bits per heavy atom. The summed E-state index contributed by atoms with van der Waals surface area (Å²) >= 11 is 0. The van der Waals surface area contributed by atoms with Crippen molar-refractivity contribution in [1.29, 1.82) is 0 Å². The summed E-state index contributed by atoms with van der Waals surface area (Å²) in [7, 11) is -2.66. The lowest BCUT2D eigenvalue weighted by Crippen LogP contribution is -2.16. The van der Waals surface area contributed by atoms with Crippen LogP contribution in [0.2, 0.25) is 0 Å². The summed E-state index contributed by atoms with van der Waals surface area (Å²) < 4.78 is 82.4. The summed E-state index contributed by atoms with van der Waals surface area (Å²) in [5.41, 5.74) is -1.20. The summed E-state index contributed by atoms with van der Waals surface area (Å²) in [5.74, 6) is -1.30. The van der Waals surface area contributed by atoms with Gasteiger partial charge in [0.25, 0.3) is 5.91 Å². The second-order valence-electron chi connectivity index (χ2n) is 6.74. The van der Waals surface area contributed by atoms with Crippen LogP contribution in [0.5, 0.6) is 5.75 Å². The van der Waals surface area contributed by atoms with Crippen molar-refractivity contribution < 1.29 is 35.5 Å². The summed E-state index contributed by atoms with van der Waals surface area (Å²) in [6.45, 7) is 0. The first-order valence-corrected chi connectivity index (χ1v) is 10.8. The number of halogens is 4. The molecule has 0 saturated carbocycles. The number of sulfone groups is 1. The van der Waals surface area contributed by atoms with Gasteiger partial charge >= 0.3 is 6.18 Å². The van der Waals surface area contributed by atoms with Gasteiger partial charge in [-0.05, 0) is 42.5 Å². The van der Waals surface area contributed by atoms with Gasteiger partial charge in [0, 0.05) is 29.1 Å². The maximum atomic E-state index is 13.8. The van der Waals surface area contributed by atoms with E-state index in [1.165, 1.54) is 37.7 Å². The van der Waals surface area contributed by atoms with Gasteiger partial charge in [0.2, 0.25) is 0 Å². The van der Waals surface area contributed by atoms with Crippen LogP contribution in [0.3, 0.4) is 0 Å². The van der Waals surface area contributed by atoms with Gasteiger partial charge in [-0.3, -0.25) is 9.78 Å². The maximum Gasteiger partial charge on any atom is 0.416 e. The highest BCUT2D eigenvalue weighted by atomic mass is 32.2. The number of benzene rings is 2. The van der Waals surface area contributed by atoms with Gasteiger partial charge in [0.05, 0.1) is 29.5 Å². The molecule has 0 spiro atoms. The van der Waals surface area contributed by atoms with Crippen LogP contribution >= 0.6 is 0 Å². The molecule has 1 amide bonds. The second-order valence-corrected chi connectivity index (χ2v) is 8.75. The Morgan fingerprint density at radius 1 is 1.06 bits per heavy atom. The molecule has 3 rings (SSSR count). The van der Waals surface area contributed by atoms with E-state index in [2.05, 4.69) is 10.3 Å². The Morgan fingerprint density at radius 2 is 1.78 bits per heavy atom. The fourth-order valence-corrected chi connectivity index (χ4v) is 3.60. The molecule has 0 unspecified atom stereocenters. The molecule has 0 aliphatic heterocycles. The number of ether oxygens (including phenoxy) is 1. The number of nitrogens with zero attached hydrogens (tertiary/aromatic N) is 1. The Bertz CT molecular complexity index is 1290. The van der Waals surface area contributed by atoms with E-state index < -0.39 is 43.8 Å². The van der Waals surface area contributed by atoms with Crippen molar-refractivity contribution in [2.75, 3.05) is 18.7 Å². The molecule has 1 N–H and O–H groups in total. The number of nitrogens with one attached hydrogen (secondary N) is 1. The highest BCUT2D eigenvalue weighted by molar-refractivity contribution is 7.90. The van der Waals surface area contributed by atoms with Crippen LogP contribution in [0.15, 0.2) is 59.8 Å².